The highest BCUT2D eigenvalue weighted by Gasteiger charge is 2.35. The van der Waals surface area contributed by atoms with Crippen LogP contribution in [-0.2, 0) is 16.8 Å². The van der Waals surface area contributed by atoms with E-state index in [9.17, 15) is 9.59 Å². The number of carboxylic acids is 1. The van der Waals surface area contributed by atoms with Gasteiger partial charge in [-0.2, -0.15) is 0 Å². The molecule has 1 saturated carbocycles. The maximum Gasteiger partial charge on any atom is 0.358 e. The highest BCUT2D eigenvalue weighted by atomic mass is 16.4. The van der Waals surface area contributed by atoms with Gasteiger partial charge in [0.25, 0.3) is 0 Å². The van der Waals surface area contributed by atoms with Gasteiger partial charge in [0.2, 0.25) is 5.91 Å². The molecule has 25 heavy (non-hydrogen) atoms. The second-order valence-electron chi connectivity index (χ2n) is 6.74. The van der Waals surface area contributed by atoms with Crippen LogP contribution in [0.2, 0.25) is 0 Å². The summed E-state index contributed by atoms with van der Waals surface area (Å²) in [7, 11) is 0. The van der Waals surface area contributed by atoms with Crippen molar-refractivity contribution in [2.75, 3.05) is 6.54 Å². The number of aryl methyl sites for hydroxylation is 1. The van der Waals surface area contributed by atoms with Crippen molar-refractivity contribution in [2.45, 2.75) is 44.6 Å². The van der Waals surface area contributed by atoms with Crippen molar-refractivity contribution in [2.24, 2.45) is 0 Å². The van der Waals surface area contributed by atoms with Crippen LogP contribution in [0.5, 0.6) is 0 Å². The molecule has 3 rings (SSSR count). The van der Waals surface area contributed by atoms with Crippen molar-refractivity contribution < 1.29 is 14.7 Å². The van der Waals surface area contributed by atoms with E-state index in [1.54, 1.807) is 0 Å². The molecule has 7 nitrogen and oxygen atoms in total. The van der Waals surface area contributed by atoms with Crippen molar-refractivity contribution in [3.05, 3.63) is 47.3 Å². The van der Waals surface area contributed by atoms with Gasteiger partial charge >= 0.3 is 5.97 Å². The molecule has 0 atom stereocenters. The molecule has 1 aromatic heterocycles. The Kier molecular flexibility index (Phi) is 4.83. The fourth-order valence-electron chi connectivity index (χ4n) is 3.54. The zero-order valence-electron chi connectivity index (χ0n) is 14.2. The molecule has 0 bridgehead atoms. The second kappa shape index (κ2) is 7.04. The van der Waals surface area contributed by atoms with Gasteiger partial charge in [-0.15, -0.1) is 5.10 Å². The van der Waals surface area contributed by atoms with Gasteiger partial charge in [0.05, 0.1) is 6.20 Å². The number of rotatable bonds is 6. The van der Waals surface area contributed by atoms with Crippen LogP contribution in [0.4, 0.5) is 0 Å². The number of amides is 1. The summed E-state index contributed by atoms with van der Waals surface area (Å²) in [6, 6.07) is 8.49. The van der Waals surface area contributed by atoms with Gasteiger partial charge in [-0.05, 0) is 25.3 Å². The number of aromatic nitrogens is 3. The molecule has 0 unspecified atom stereocenters. The highest BCUT2D eigenvalue weighted by Crippen LogP contribution is 2.40. The summed E-state index contributed by atoms with van der Waals surface area (Å²) in [5.41, 5.74) is 2.31. The minimum absolute atomic E-state index is 0.0176. The number of hydrogen-bond acceptors (Lipinski definition) is 4. The Morgan fingerprint density at radius 1 is 1.32 bits per heavy atom. The van der Waals surface area contributed by atoms with E-state index in [1.807, 2.05) is 0 Å². The summed E-state index contributed by atoms with van der Waals surface area (Å²) in [5, 5.41) is 19.0. The standard InChI is InChI=1S/C18H22N4O3/c1-13-5-4-6-14(9-13)18(7-2-3-8-18)12-19-16(23)11-22-10-15(17(24)25)20-21-22/h4-6,9-10H,2-3,7-8,11-12H2,1H3,(H,19,23)(H,24,25). The zero-order chi connectivity index (χ0) is 17.9. The summed E-state index contributed by atoms with van der Waals surface area (Å²) in [4.78, 5) is 23.1. The van der Waals surface area contributed by atoms with Crippen molar-refractivity contribution in [3.8, 4) is 0 Å². The molecule has 2 aromatic rings. The molecule has 0 radical (unpaired) electrons. The van der Waals surface area contributed by atoms with Gasteiger partial charge in [0, 0.05) is 12.0 Å². The smallest absolute Gasteiger partial charge is 0.358 e. The third-order valence-corrected chi connectivity index (χ3v) is 4.88. The Bertz CT molecular complexity index is 778. The van der Waals surface area contributed by atoms with Crippen LogP contribution < -0.4 is 5.32 Å². The van der Waals surface area contributed by atoms with E-state index in [1.165, 1.54) is 22.0 Å². The van der Waals surface area contributed by atoms with Crippen LogP contribution >= 0.6 is 0 Å². The van der Waals surface area contributed by atoms with E-state index in [2.05, 4.69) is 46.8 Å². The Morgan fingerprint density at radius 3 is 2.72 bits per heavy atom. The predicted octanol–water partition coefficient (Wildman–Crippen LogP) is 1.91. The average Bonchev–Trinajstić information content (AvgIpc) is 3.23. The molecule has 1 heterocycles. The number of carbonyl (C=O) groups excluding carboxylic acids is 1. The third kappa shape index (κ3) is 3.87. The molecule has 2 N–H and O–H groups in total. The zero-order valence-corrected chi connectivity index (χ0v) is 14.2. The lowest BCUT2D eigenvalue weighted by molar-refractivity contribution is -0.122. The fourth-order valence-corrected chi connectivity index (χ4v) is 3.54. The van der Waals surface area contributed by atoms with Crippen molar-refractivity contribution in [3.63, 3.8) is 0 Å². The quantitative estimate of drug-likeness (QED) is 0.836. The molecular weight excluding hydrogens is 320 g/mol. The van der Waals surface area contributed by atoms with Gasteiger partial charge in [-0.1, -0.05) is 47.9 Å². The topological polar surface area (TPSA) is 97.1 Å². The lowest BCUT2D eigenvalue weighted by Gasteiger charge is -2.30. The van der Waals surface area contributed by atoms with E-state index >= 15 is 0 Å². The van der Waals surface area contributed by atoms with E-state index in [0.717, 1.165) is 25.7 Å². The highest BCUT2D eigenvalue weighted by molar-refractivity contribution is 5.84. The molecule has 1 amide bonds. The SMILES string of the molecule is Cc1cccc(C2(CNC(=O)Cn3cc(C(=O)O)nn3)CCCC2)c1. The summed E-state index contributed by atoms with van der Waals surface area (Å²) >= 11 is 0. The first kappa shape index (κ1) is 17.1. The number of nitrogens with one attached hydrogen (secondary N) is 1. The summed E-state index contributed by atoms with van der Waals surface area (Å²) in [6.45, 7) is 2.62. The lowest BCUT2D eigenvalue weighted by Crippen LogP contribution is -2.40. The third-order valence-electron chi connectivity index (χ3n) is 4.88. The van der Waals surface area contributed by atoms with Gasteiger partial charge < -0.3 is 10.4 Å². The van der Waals surface area contributed by atoms with E-state index in [4.69, 9.17) is 5.11 Å². The molecule has 0 aliphatic heterocycles. The molecular formula is C18H22N4O3. The van der Waals surface area contributed by atoms with Gasteiger partial charge in [0.15, 0.2) is 5.69 Å². The summed E-state index contributed by atoms with van der Waals surface area (Å²) < 4.78 is 1.24. The minimum Gasteiger partial charge on any atom is -0.476 e. The van der Waals surface area contributed by atoms with E-state index in [-0.39, 0.29) is 23.6 Å². The van der Waals surface area contributed by atoms with Crippen molar-refractivity contribution >= 4 is 11.9 Å². The number of carbonyl (C=O) groups is 2. The van der Waals surface area contributed by atoms with E-state index in [0.29, 0.717) is 6.54 Å². The first-order valence-corrected chi connectivity index (χ1v) is 8.46. The number of aromatic carboxylic acids is 1. The first-order valence-electron chi connectivity index (χ1n) is 8.46. The maximum atomic E-state index is 12.2. The van der Waals surface area contributed by atoms with Crippen LogP contribution in [-0.4, -0.2) is 38.5 Å². The summed E-state index contributed by atoms with van der Waals surface area (Å²) in [5.74, 6) is -1.35. The second-order valence-corrected chi connectivity index (χ2v) is 6.74. The Hall–Kier alpha value is -2.70. The average molecular weight is 342 g/mol. The number of nitrogens with zero attached hydrogens (tertiary/aromatic N) is 3. The number of hydrogen-bond donors (Lipinski definition) is 2. The Morgan fingerprint density at radius 2 is 2.08 bits per heavy atom. The first-order chi connectivity index (χ1) is 12.0. The molecule has 1 aliphatic carbocycles. The summed E-state index contributed by atoms with van der Waals surface area (Å²) in [6.07, 6.45) is 5.70. The molecule has 1 aliphatic rings. The Balaban J connectivity index is 1.65. The maximum absolute atomic E-state index is 12.2. The Labute approximate surface area is 146 Å². The van der Waals surface area contributed by atoms with Crippen molar-refractivity contribution in [1.82, 2.24) is 20.3 Å². The number of carboxylic acid groups (broad SMARTS) is 1. The van der Waals surface area contributed by atoms with E-state index < -0.39 is 5.97 Å². The lowest BCUT2D eigenvalue weighted by atomic mass is 9.78. The minimum atomic E-state index is -1.16. The molecule has 7 heteroatoms. The van der Waals surface area contributed by atoms with Gasteiger partial charge in [-0.25, -0.2) is 9.48 Å². The monoisotopic (exact) mass is 342 g/mol. The molecule has 0 spiro atoms. The van der Waals surface area contributed by atoms with Crippen LogP contribution in [0.1, 0.15) is 47.3 Å². The predicted molar refractivity (Wildman–Crippen MR) is 91.3 cm³/mol. The van der Waals surface area contributed by atoms with Crippen LogP contribution in [0.25, 0.3) is 0 Å². The fraction of sp³-hybridized carbons (Fsp3) is 0.444. The van der Waals surface area contributed by atoms with Gasteiger partial charge in [-0.3, -0.25) is 4.79 Å². The van der Waals surface area contributed by atoms with Crippen LogP contribution in [0.15, 0.2) is 30.5 Å². The largest absolute Gasteiger partial charge is 0.476 e. The molecule has 1 aromatic carbocycles. The van der Waals surface area contributed by atoms with Crippen LogP contribution in [0, 0.1) is 6.92 Å². The molecule has 0 saturated heterocycles. The molecule has 132 valence electrons. The molecule has 1 fully saturated rings. The van der Waals surface area contributed by atoms with Gasteiger partial charge in [0.1, 0.15) is 6.54 Å². The normalized spacial score (nSPS) is 15.9. The van der Waals surface area contributed by atoms with Crippen molar-refractivity contribution in [1.29, 1.82) is 0 Å². The number of benzene rings is 1. The van der Waals surface area contributed by atoms with Crippen LogP contribution in [0.3, 0.4) is 0 Å².